The zero-order valence-corrected chi connectivity index (χ0v) is 7.96. The van der Waals surface area contributed by atoms with Crippen molar-refractivity contribution in [3.8, 4) is 0 Å². The maximum atomic E-state index is 13.5. The third-order valence-electron chi connectivity index (χ3n) is 2.60. The summed E-state index contributed by atoms with van der Waals surface area (Å²) in [6, 6.07) is 2.92. The Morgan fingerprint density at radius 2 is 1.64 bits per heavy atom. The first-order chi connectivity index (χ1) is 6.68. The molecule has 3 nitrogen and oxygen atoms in total. The summed E-state index contributed by atoms with van der Waals surface area (Å²) in [5, 5.41) is 0. The van der Waals surface area contributed by atoms with Crippen LogP contribution in [0, 0.1) is 5.82 Å². The molecule has 0 unspecified atom stereocenters. The van der Waals surface area contributed by atoms with Crippen LogP contribution in [0.5, 0.6) is 0 Å². The molecule has 0 amide bonds. The molecule has 1 fully saturated rings. The molecule has 1 aliphatic heterocycles. The average molecular weight is 195 g/mol. The second-order valence-electron chi connectivity index (χ2n) is 3.63. The predicted molar refractivity (Wildman–Crippen MR) is 56.7 cm³/mol. The van der Waals surface area contributed by atoms with Crippen LogP contribution < -0.4 is 16.4 Å². The summed E-state index contributed by atoms with van der Waals surface area (Å²) in [6.45, 7) is 1.81. The van der Waals surface area contributed by atoms with E-state index in [1.807, 2.05) is 4.90 Å². The van der Waals surface area contributed by atoms with Crippen molar-refractivity contribution in [1.82, 2.24) is 0 Å². The third kappa shape index (κ3) is 1.47. The highest BCUT2D eigenvalue weighted by Crippen LogP contribution is 2.29. The van der Waals surface area contributed by atoms with Gasteiger partial charge in [-0.25, -0.2) is 4.39 Å². The van der Waals surface area contributed by atoms with E-state index in [4.69, 9.17) is 11.5 Å². The Balaban J connectivity index is 2.37. The lowest BCUT2D eigenvalue weighted by molar-refractivity contribution is 0.624. The number of nitrogen functional groups attached to an aromatic ring is 2. The van der Waals surface area contributed by atoms with Gasteiger partial charge in [-0.3, -0.25) is 0 Å². The maximum absolute atomic E-state index is 13.5. The molecule has 76 valence electrons. The van der Waals surface area contributed by atoms with Crippen LogP contribution in [0.15, 0.2) is 12.1 Å². The average Bonchev–Trinajstić information content (AvgIpc) is 2.64. The van der Waals surface area contributed by atoms with Crippen LogP contribution >= 0.6 is 0 Å². The molecule has 14 heavy (non-hydrogen) atoms. The van der Waals surface area contributed by atoms with Gasteiger partial charge in [0.15, 0.2) is 0 Å². The Bertz CT molecular complexity index is 345. The molecule has 1 saturated heterocycles. The van der Waals surface area contributed by atoms with Gasteiger partial charge >= 0.3 is 0 Å². The summed E-state index contributed by atoms with van der Waals surface area (Å²) in [5.41, 5.74) is 12.5. The Hall–Kier alpha value is -1.45. The highest BCUT2D eigenvalue weighted by molar-refractivity contribution is 5.70. The van der Waals surface area contributed by atoms with Crippen molar-refractivity contribution < 1.29 is 4.39 Å². The van der Waals surface area contributed by atoms with E-state index in [-0.39, 0.29) is 5.82 Å². The molecular formula is C10H14FN3. The summed E-state index contributed by atoms with van der Waals surface area (Å²) < 4.78 is 13.5. The molecule has 1 aliphatic rings. The monoisotopic (exact) mass is 195 g/mol. The fourth-order valence-electron chi connectivity index (χ4n) is 1.79. The molecule has 4 heteroatoms. The van der Waals surface area contributed by atoms with Crippen LogP contribution in [0.1, 0.15) is 12.8 Å². The van der Waals surface area contributed by atoms with Gasteiger partial charge in [0, 0.05) is 19.2 Å². The van der Waals surface area contributed by atoms with Gasteiger partial charge < -0.3 is 16.4 Å². The highest BCUT2D eigenvalue weighted by atomic mass is 19.1. The van der Waals surface area contributed by atoms with Crippen LogP contribution in [0.25, 0.3) is 0 Å². The molecule has 0 aromatic heterocycles. The van der Waals surface area contributed by atoms with E-state index in [2.05, 4.69) is 0 Å². The van der Waals surface area contributed by atoms with E-state index < -0.39 is 0 Å². The Morgan fingerprint density at radius 3 is 2.29 bits per heavy atom. The minimum atomic E-state index is -0.279. The van der Waals surface area contributed by atoms with E-state index in [9.17, 15) is 4.39 Å². The number of nitrogens with zero attached hydrogens (tertiary/aromatic N) is 1. The number of anilines is 3. The molecule has 1 heterocycles. The summed E-state index contributed by atoms with van der Waals surface area (Å²) >= 11 is 0. The van der Waals surface area contributed by atoms with Crippen LogP contribution in [0.3, 0.4) is 0 Å². The largest absolute Gasteiger partial charge is 0.397 e. The normalized spacial score (nSPS) is 16.2. The van der Waals surface area contributed by atoms with Crippen molar-refractivity contribution in [2.24, 2.45) is 0 Å². The molecule has 4 N–H and O–H groups in total. The fraction of sp³-hybridized carbons (Fsp3) is 0.400. The van der Waals surface area contributed by atoms with Gasteiger partial charge in [-0.1, -0.05) is 0 Å². The second-order valence-corrected chi connectivity index (χ2v) is 3.63. The van der Waals surface area contributed by atoms with E-state index in [0.717, 1.165) is 25.9 Å². The summed E-state index contributed by atoms with van der Waals surface area (Å²) in [5.74, 6) is -0.279. The van der Waals surface area contributed by atoms with Crippen molar-refractivity contribution in [2.45, 2.75) is 12.8 Å². The summed E-state index contributed by atoms with van der Waals surface area (Å²) in [6.07, 6.45) is 2.23. The van der Waals surface area contributed by atoms with E-state index in [1.54, 1.807) is 6.07 Å². The van der Waals surface area contributed by atoms with Gasteiger partial charge in [0.1, 0.15) is 5.82 Å². The molecule has 1 aromatic carbocycles. The van der Waals surface area contributed by atoms with Gasteiger partial charge in [-0.05, 0) is 18.9 Å². The van der Waals surface area contributed by atoms with Crippen LogP contribution in [0.2, 0.25) is 0 Å². The van der Waals surface area contributed by atoms with Crippen molar-refractivity contribution in [2.75, 3.05) is 29.5 Å². The van der Waals surface area contributed by atoms with Crippen LogP contribution in [-0.4, -0.2) is 13.1 Å². The number of nitrogens with two attached hydrogens (primary N) is 2. The minimum Gasteiger partial charge on any atom is -0.397 e. The van der Waals surface area contributed by atoms with E-state index >= 15 is 0 Å². The number of hydrogen-bond acceptors (Lipinski definition) is 3. The Labute approximate surface area is 82.5 Å². The molecule has 0 atom stereocenters. The zero-order chi connectivity index (χ0) is 10.1. The number of rotatable bonds is 1. The van der Waals surface area contributed by atoms with Crippen molar-refractivity contribution in [3.05, 3.63) is 17.9 Å². The number of hydrogen-bond donors (Lipinski definition) is 2. The zero-order valence-electron chi connectivity index (χ0n) is 7.96. The molecule has 0 aliphatic carbocycles. The van der Waals surface area contributed by atoms with Crippen molar-refractivity contribution >= 4 is 17.1 Å². The lowest BCUT2D eigenvalue weighted by Crippen LogP contribution is -2.19. The molecule has 2 rings (SSSR count). The SMILES string of the molecule is Nc1cc(F)c(N2CCCC2)cc1N. The number of halogens is 1. The third-order valence-corrected chi connectivity index (χ3v) is 2.60. The van der Waals surface area contributed by atoms with Gasteiger partial charge in [0.2, 0.25) is 0 Å². The first kappa shape index (κ1) is 9.12. The summed E-state index contributed by atoms with van der Waals surface area (Å²) in [7, 11) is 0. The maximum Gasteiger partial charge on any atom is 0.148 e. The van der Waals surface area contributed by atoms with Crippen LogP contribution in [0.4, 0.5) is 21.5 Å². The smallest absolute Gasteiger partial charge is 0.148 e. The van der Waals surface area contributed by atoms with Crippen LogP contribution in [-0.2, 0) is 0 Å². The van der Waals surface area contributed by atoms with Crippen molar-refractivity contribution in [1.29, 1.82) is 0 Å². The number of benzene rings is 1. The Morgan fingerprint density at radius 1 is 1.07 bits per heavy atom. The van der Waals surface area contributed by atoms with E-state index in [1.165, 1.54) is 6.07 Å². The minimum absolute atomic E-state index is 0.279. The fourth-order valence-corrected chi connectivity index (χ4v) is 1.79. The van der Waals surface area contributed by atoms with Crippen molar-refractivity contribution in [3.63, 3.8) is 0 Å². The van der Waals surface area contributed by atoms with Gasteiger partial charge in [0.25, 0.3) is 0 Å². The first-order valence-electron chi connectivity index (χ1n) is 4.78. The molecule has 0 spiro atoms. The molecule has 0 bridgehead atoms. The van der Waals surface area contributed by atoms with E-state index in [0.29, 0.717) is 17.1 Å². The van der Waals surface area contributed by atoms with Gasteiger partial charge in [-0.2, -0.15) is 0 Å². The molecule has 0 radical (unpaired) electrons. The Kier molecular flexibility index (Phi) is 2.19. The second kappa shape index (κ2) is 3.36. The molecular weight excluding hydrogens is 181 g/mol. The predicted octanol–water partition coefficient (Wildman–Crippen LogP) is 1.59. The quantitative estimate of drug-likeness (QED) is 0.669. The molecule has 1 aromatic rings. The lowest BCUT2D eigenvalue weighted by atomic mass is 10.2. The summed E-state index contributed by atoms with van der Waals surface area (Å²) in [4.78, 5) is 2.01. The first-order valence-corrected chi connectivity index (χ1v) is 4.78. The van der Waals surface area contributed by atoms with Gasteiger partial charge in [-0.15, -0.1) is 0 Å². The topological polar surface area (TPSA) is 55.3 Å². The standard InChI is InChI=1S/C10H14FN3/c11-7-5-8(12)9(13)6-10(7)14-3-1-2-4-14/h5-6H,1-4,12-13H2. The van der Waals surface area contributed by atoms with Gasteiger partial charge in [0.05, 0.1) is 17.1 Å². The molecule has 0 saturated carbocycles. The highest BCUT2D eigenvalue weighted by Gasteiger charge is 2.16. The lowest BCUT2D eigenvalue weighted by Gasteiger charge is -2.19.